The maximum Gasteiger partial charge on any atom is 0.416 e. The topological polar surface area (TPSA) is 34.9 Å². The first-order chi connectivity index (χ1) is 8.38. The van der Waals surface area contributed by atoms with Crippen molar-refractivity contribution < 1.29 is 13.2 Å². The number of halogens is 3. The van der Waals surface area contributed by atoms with Crippen molar-refractivity contribution in [1.82, 2.24) is 9.78 Å². The predicted molar refractivity (Wildman–Crippen MR) is 59.6 cm³/mol. The van der Waals surface area contributed by atoms with Gasteiger partial charge in [0.15, 0.2) is 0 Å². The molecule has 6 heteroatoms. The Morgan fingerprint density at radius 3 is 2.61 bits per heavy atom. The van der Waals surface area contributed by atoms with Crippen LogP contribution in [0.25, 0.3) is 5.69 Å². The van der Waals surface area contributed by atoms with E-state index in [2.05, 4.69) is 5.10 Å². The number of rotatable bonds is 1. The van der Waals surface area contributed by atoms with Crippen LogP contribution in [0.5, 0.6) is 0 Å². The molecule has 0 N–H and O–H groups in total. The maximum absolute atomic E-state index is 12.5. The van der Waals surface area contributed by atoms with Gasteiger partial charge in [-0.3, -0.25) is 4.79 Å². The van der Waals surface area contributed by atoms with Crippen molar-refractivity contribution in [2.24, 2.45) is 0 Å². The normalized spacial score (nSPS) is 11.6. The van der Waals surface area contributed by atoms with Crippen LogP contribution in [0.1, 0.15) is 11.1 Å². The van der Waals surface area contributed by atoms with Crippen molar-refractivity contribution in [2.75, 3.05) is 0 Å². The van der Waals surface area contributed by atoms with Gasteiger partial charge in [-0.15, -0.1) is 0 Å². The van der Waals surface area contributed by atoms with E-state index in [-0.39, 0.29) is 11.1 Å². The smallest absolute Gasteiger partial charge is 0.288 e. The van der Waals surface area contributed by atoms with E-state index in [1.165, 1.54) is 23.0 Å². The molecule has 0 radical (unpaired) electrons. The lowest BCUT2D eigenvalue weighted by molar-refractivity contribution is -0.137. The predicted octanol–water partition coefficient (Wildman–Crippen LogP) is 2.56. The lowest BCUT2D eigenvalue weighted by Crippen LogP contribution is -2.12. The molecule has 2 rings (SSSR count). The monoisotopic (exact) mass is 254 g/mol. The molecule has 0 atom stereocenters. The van der Waals surface area contributed by atoms with Gasteiger partial charge in [-0.05, 0) is 25.1 Å². The highest BCUT2D eigenvalue weighted by molar-refractivity contribution is 5.36. The molecule has 1 aromatic heterocycles. The molecule has 1 aromatic carbocycles. The molecule has 0 aliphatic rings. The van der Waals surface area contributed by atoms with Crippen LogP contribution in [0.4, 0.5) is 13.2 Å². The molecule has 3 nitrogen and oxygen atoms in total. The molecule has 0 aliphatic carbocycles. The molecular formula is C12H9F3N2O. The van der Waals surface area contributed by atoms with Gasteiger partial charge in [-0.25, -0.2) is 4.68 Å². The molecule has 0 aliphatic heterocycles. The summed E-state index contributed by atoms with van der Waals surface area (Å²) in [4.78, 5) is 11.2. The highest BCUT2D eigenvalue weighted by atomic mass is 19.4. The third-order valence-corrected chi connectivity index (χ3v) is 2.44. The quantitative estimate of drug-likeness (QED) is 0.783. The maximum atomic E-state index is 12.5. The van der Waals surface area contributed by atoms with E-state index in [0.717, 1.165) is 18.3 Å². The number of nitrogens with zero attached hydrogens (tertiary/aromatic N) is 2. The summed E-state index contributed by atoms with van der Waals surface area (Å²) in [5, 5.41) is 3.77. The van der Waals surface area contributed by atoms with Gasteiger partial charge < -0.3 is 0 Å². The Hall–Kier alpha value is -2.11. The molecule has 0 bridgehead atoms. The number of hydrogen-bond acceptors (Lipinski definition) is 2. The lowest BCUT2D eigenvalue weighted by atomic mass is 10.2. The zero-order valence-corrected chi connectivity index (χ0v) is 9.40. The van der Waals surface area contributed by atoms with Crippen molar-refractivity contribution in [1.29, 1.82) is 0 Å². The first-order valence-corrected chi connectivity index (χ1v) is 5.11. The summed E-state index contributed by atoms with van der Waals surface area (Å²) >= 11 is 0. The summed E-state index contributed by atoms with van der Waals surface area (Å²) in [6.07, 6.45) is -1.92. The van der Waals surface area contributed by atoms with Gasteiger partial charge in [-0.2, -0.15) is 18.3 Å². The molecule has 1 heterocycles. The van der Waals surface area contributed by atoms with Crippen molar-refractivity contribution in [3.8, 4) is 5.69 Å². The minimum Gasteiger partial charge on any atom is -0.288 e. The Bertz CT molecular complexity index is 632. The number of aromatic nitrogens is 2. The molecule has 0 saturated carbocycles. The van der Waals surface area contributed by atoms with Crippen molar-refractivity contribution >= 4 is 0 Å². The Labute approximate surface area is 100 Å². The van der Waals surface area contributed by atoms with Crippen LogP contribution in [0.3, 0.4) is 0 Å². The molecule has 0 fully saturated rings. The second-order valence-corrected chi connectivity index (χ2v) is 3.81. The van der Waals surface area contributed by atoms with E-state index >= 15 is 0 Å². The molecule has 2 aromatic rings. The van der Waals surface area contributed by atoms with Crippen LogP contribution in [0, 0.1) is 6.92 Å². The zero-order chi connectivity index (χ0) is 13.3. The van der Waals surface area contributed by atoms with E-state index in [0.29, 0.717) is 5.56 Å². The Balaban J connectivity index is 2.51. The summed E-state index contributed by atoms with van der Waals surface area (Å²) in [6.45, 7) is 1.58. The van der Waals surface area contributed by atoms with Crippen LogP contribution in [-0.2, 0) is 6.18 Å². The third kappa shape index (κ3) is 2.42. The first kappa shape index (κ1) is 12.3. The second kappa shape index (κ2) is 4.29. The molecule has 0 spiro atoms. The standard InChI is InChI=1S/C12H9F3N2O/c1-8-7-17(16-6-11(8)18)10-4-2-3-9(5-10)12(13,14)15/h2-7H,1H3. The molecular weight excluding hydrogens is 245 g/mol. The van der Waals surface area contributed by atoms with E-state index < -0.39 is 11.7 Å². The van der Waals surface area contributed by atoms with Crippen LogP contribution >= 0.6 is 0 Å². The van der Waals surface area contributed by atoms with Crippen LogP contribution in [-0.4, -0.2) is 9.78 Å². The van der Waals surface area contributed by atoms with Gasteiger partial charge in [-0.1, -0.05) is 6.07 Å². The number of hydrogen-bond donors (Lipinski definition) is 0. The van der Waals surface area contributed by atoms with Crippen LogP contribution in [0.2, 0.25) is 0 Å². The fourth-order valence-electron chi connectivity index (χ4n) is 1.46. The SMILES string of the molecule is Cc1cn(-c2cccc(C(F)(F)F)c2)ncc1=O. The van der Waals surface area contributed by atoms with Gasteiger partial charge >= 0.3 is 6.18 Å². The fourth-order valence-corrected chi connectivity index (χ4v) is 1.46. The largest absolute Gasteiger partial charge is 0.416 e. The Kier molecular flexibility index (Phi) is 2.94. The number of aryl methyl sites for hydroxylation is 1. The first-order valence-electron chi connectivity index (χ1n) is 5.11. The van der Waals surface area contributed by atoms with E-state index in [1.54, 1.807) is 6.92 Å². The van der Waals surface area contributed by atoms with Gasteiger partial charge in [0, 0.05) is 11.8 Å². The highest BCUT2D eigenvalue weighted by Crippen LogP contribution is 2.30. The van der Waals surface area contributed by atoms with Crippen molar-refractivity contribution in [3.05, 3.63) is 58.0 Å². The van der Waals surface area contributed by atoms with E-state index in [9.17, 15) is 18.0 Å². The van der Waals surface area contributed by atoms with Crippen molar-refractivity contribution in [3.63, 3.8) is 0 Å². The van der Waals surface area contributed by atoms with E-state index in [1.807, 2.05) is 0 Å². The Morgan fingerprint density at radius 2 is 2.00 bits per heavy atom. The summed E-state index contributed by atoms with van der Waals surface area (Å²) in [6, 6.07) is 4.76. The summed E-state index contributed by atoms with van der Waals surface area (Å²) in [5.41, 5.74) is -0.327. The average molecular weight is 254 g/mol. The minimum atomic E-state index is -4.40. The highest BCUT2D eigenvalue weighted by Gasteiger charge is 2.30. The van der Waals surface area contributed by atoms with E-state index in [4.69, 9.17) is 0 Å². The summed E-state index contributed by atoms with van der Waals surface area (Å²) in [7, 11) is 0. The third-order valence-electron chi connectivity index (χ3n) is 2.44. The Morgan fingerprint density at radius 1 is 1.28 bits per heavy atom. The minimum absolute atomic E-state index is 0.252. The molecule has 0 saturated heterocycles. The number of benzene rings is 1. The van der Waals surface area contributed by atoms with Crippen LogP contribution in [0.15, 0.2) is 41.5 Å². The molecule has 94 valence electrons. The van der Waals surface area contributed by atoms with Crippen LogP contribution < -0.4 is 5.43 Å². The summed E-state index contributed by atoms with van der Waals surface area (Å²) < 4.78 is 38.9. The van der Waals surface area contributed by atoms with Gasteiger partial charge in [0.2, 0.25) is 5.43 Å². The zero-order valence-electron chi connectivity index (χ0n) is 9.40. The van der Waals surface area contributed by atoms with Crippen molar-refractivity contribution in [2.45, 2.75) is 13.1 Å². The van der Waals surface area contributed by atoms with Gasteiger partial charge in [0.25, 0.3) is 0 Å². The lowest BCUT2D eigenvalue weighted by Gasteiger charge is -2.10. The number of alkyl halides is 3. The fraction of sp³-hybridized carbons (Fsp3) is 0.167. The average Bonchev–Trinajstić information content (AvgIpc) is 2.32. The molecule has 0 unspecified atom stereocenters. The summed E-state index contributed by atoms with van der Waals surface area (Å²) in [5.74, 6) is 0. The van der Waals surface area contributed by atoms with Gasteiger partial charge in [0.1, 0.15) is 0 Å². The second-order valence-electron chi connectivity index (χ2n) is 3.81. The molecule has 18 heavy (non-hydrogen) atoms. The van der Waals surface area contributed by atoms with Gasteiger partial charge in [0.05, 0.1) is 17.4 Å². The molecule has 0 amide bonds.